The number of nitrogens with one attached hydrogen (secondary N) is 2. The molecule has 0 aromatic heterocycles. The van der Waals surface area contributed by atoms with Gasteiger partial charge in [-0.1, -0.05) is 50.3 Å². The summed E-state index contributed by atoms with van der Waals surface area (Å²) >= 11 is 0. The minimum absolute atomic E-state index is 0.193. The Labute approximate surface area is 148 Å². The fraction of sp³-hybridized carbons (Fsp3) is 0.421. The van der Waals surface area contributed by atoms with Crippen molar-refractivity contribution in [3.05, 3.63) is 47.5 Å². The van der Waals surface area contributed by atoms with Crippen molar-refractivity contribution in [2.45, 2.75) is 39.2 Å². The second-order valence-corrected chi connectivity index (χ2v) is 6.26. The molecule has 0 heterocycles. The Balaban J connectivity index is 2.91. The molecule has 1 aromatic carbocycles. The summed E-state index contributed by atoms with van der Waals surface area (Å²) in [6.45, 7) is 3.89. The van der Waals surface area contributed by atoms with Gasteiger partial charge in [0, 0.05) is 19.0 Å². The molecule has 0 aliphatic rings. The molecule has 0 aliphatic carbocycles. The molecule has 0 radical (unpaired) electrons. The van der Waals surface area contributed by atoms with Crippen molar-refractivity contribution < 1.29 is 19.5 Å². The van der Waals surface area contributed by atoms with Gasteiger partial charge in [0.2, 0.25) is 11.8 Å². The highest BCUT2D eigenvalue weighted by Crippen LogP contribution is 2.13. The lowest BCUT2D eigenvalue weighted by atomic mass is 10.00. The minimum Gasteiger partial charge on any atom is -0.481 e. The molecule has 1 aromatic rings. The first-order valence-electron chi connectivity index (χ1n) is 8.30. The van der Waals surface area contributed by atoms with Gasteiger partial charge in [0.25, 0.3) is 0 Å². The third kappa shape index (κ3) is 7.65. The van der Waals surface area contributed by atoms with E-state index in [2.05, 4.69) is 10.6 Å². The van der Waals surface area contributed by atoms with Gasteiger partial charge < -0.3 is 15.7 Å². The maximum atomic E-state index is 12.6. The van der Waals surface area contributed by atoms with E-state index in [0.29, 0.717) is 18.4 Å². The topological polar surface area (TPSA) is 95.5 Å². The van der Waals surface area contributed by atoms with Crippen LogP contribution in [-0.2, 0) is 20.8 Å². The zero-order valence-electron chi connectivity index (χ0n) is 14.9. The number of carbonyl (C=O) groups excluding carboxylic acids is 2. The summed E-state index contributed by atoms with van der Waals surface area (Å²) in [5.74, 6) is -1.50. The van der Waals surface area contributed by atoms with Crippen molar-refractivity contribution in [3.63, 3.8) is 0 Å². The monoisotopic (exact) mass is 346 g/mol. The summed E-state index contributed by atoms with van der Waals surface area (Å²) in [6.07, 6.45) is 2.00. The number of carbonyl (C=O) groups is 3. The van der Waals surface area contributed by atoms with Crippen LogP contribution in [0.2, 0.25) is 0 Å². The fourth-order valence-electron chi connectivity index (χ4n) is 2.40. The highest BCUT2D eigenvalue weighted by atomic mass is 16.4. The van der Waals surface area contributed by atoms with Crippen LogP contribution in [0.1, 0.15) is 32.3 Å². The number of benzene rings is 1. The highest BCUT2D eigenvalue weighted by molar-refractivity contribution is 5.97. The molecule has 136 valence electrons. The molecule has 6 nitrogen and oxygen atoms in total. The van der Waals surface area contributed by atoms with Gasteiger partial charge in [-0.05, 0) is 17.9 Å². The molecule has 3 N–H and O–H groups in total. The molecule has 0 spiro atoms. The number of rotatable bonds is 9. The normalized spacial score (nSPS) is 12.6. The lowest BCUT2D eigenvalue weighted by Gasteiger charge is -2.19. The molecule has 0 saturated carbocycles. The third-order valence-electron chi connectivity index (χ3n) is 3.59. The first-order valence-corrected chi connectivity index (χ1v) is 8.30. The van der Waals surface area contributed by atoms with Gasteiger partial charge in [-0.2, -0.15) is 0 Å². The van der Waals surface area contributed by atoms with E-state index in [0.717, 1.165) is 5.56 Å². The standard InChI is InChI=1S/C19H26N2O4/c1-13(2)11-15(9-10-17(22)23)18(24)21-16(19(25)20-3)12-14-7-5-4-6-8-14/h4-9,13,16H,10-12H2,1-3H3,(H,20,25)(H,21,24)(H,22,23). The van der Waals surface area contributed by atoms with Crippen LogP contribution in [0.25, 0.3) is 0 Å². The first kappa shape index (κ1) is 20.4. The lowest BCUT2D eigenvalue weighted by Crippen LogP contribution is -2.47. The summed E-state index contributed by atoms with van der Waals surface area (Å²) in [6, 6.07) is 8.67. The smallest absolute Gasteiger partial charge is 0.307 e. The van der Waals surface area contributed by atoms with Crippen molar-refractivity contribution >= 4 is 17.8 Å². The second-order valence-electron chi connectivity index (χ2n) is 6.26. The van der Waals surface area contributed by atoms with Gasteiger partial charge in [0.1, 0.15) is 6.04 Å². The van der Waals surface area contributed by atoms with Crippen molar-refractivity contribution in [2.75, 3.05) is 7.05 Å². The van der Waals surface area contributed by atoms with Crippen LogP contribution in [0.3, 0.4) is 0 Å². The number of carboxylic acid groups (broad SMARTS) is 1. The predicted octanol–water partition coefficient (Wildman–Crippen LogP) is 1.91. The second kappa shape index (κ2) is 10.3. The Morgan fingerprint density at radius 2 is 1.80 bits per heavy atom. The van der Waals surface area contributed by atoms with Crippen molar-refractivity contribution in [1.82, 2.24) is 10.6 Å². The molecule has 1 atom stereocenters. The Bertz CT molecular complexity index is 624. The zero-order chi connectivity index (χ0) is 18.8. The van der Waals surface area contributed by atoms with E-state index in [1.165, 1.54) is 13.1 Å². The van der Waals surface area contributed by atoms with E-state index in [1.807, 2.05) is 44.2 Å². The van der Waals surface area contributed by atoms with Gasteiger partial charge in [-0.15, -0.1) is 0 Å². The minimum atomic E-state index is -0.999. The highest BCUT2D eigenvalue weighted by Gasteiger charge is 2.22. The van der Waals surface area contributed by atoms with E-state index in [1.54, 1.807) is 0 Å². The molecule has 0 aliphatic heterocycles. The van der Waals surface area contributed by atoms with Crippen molar-refractivity contribution in [2.24, 2.45) is 5.92 Å². The van der Waals surface area contributed by atoms with Gasteiger partial charge in [0.15, 0.2) is 0 Å². The molecule has 1 unspecified atom stereocenters. The number of amides is 2. The van der Waals surface area contributed by atoms with Crippen LogP contribution in [-0.4, -0.2) is 36.0 Å². The van der Waals surface area contributed by atoms with Crippen LogP contribution < -0.4 is 10.6 Å². The van der Waals surface area contributed by atoms with Crippen LogP contribution in [0.4, 0.5) is 0 Å². The summed E-state index contributed by atoms with van der Waals surface area (Å²) in [7, 11) is 1.52. The van der Waals surface area contributed by atoms with E-state index in [4.69, 9.17) is 5.11 Å². The van der Waals surface area contributed by atoms with Crippen LogP contribution in [0, 0.1) is 5.92 Å². The van der Waals surface area contributed by atoms with Crippen molar-refractivity contribution in [1.29, 1.82) is 0 Å². The zero-order valence-corrected chi connectivity index (χ0v) is 14.9. The maximum absolute atomic E-state index is 12.6. The molecule has 0 saturated heterocycles. The SMILES string of the molecule is CNC(=O)C(Cc1ccccc1)NC(=O)C(=CCC(=O)O)CC(C)C. The Morgan fingerprint density at radius 1 is 1.16 bits per heavy atom. The van der Waals surface area contributed by atoms with E-state index >= 15 is 0 Å². The number of hydrogen-bond donors (Lipinski definition) is 3. The number of carboxylic acids is 1. The molecule has 2 amide bonds. The molecular weight excluding hydrogens is 320 g/mol. The van der Waals surface area contributed by atoms with Gasteiger partial charge in [0.05, 0.1) is 6.42 Å². The van der Waals surface area contributed by atoms with Gasteiger partial charge >= 0.3 is 5.97 Å². The average Bonchev–Trinajstić information content (AvgIpc) is 2.57. The fourth-order valence-corrected chi connectivity index (χ4v) is 2.40. The molecule has 25 heavy (non-hydrogen) atoms. The lowest BCUT2D eigenvalue weighted by molar-refractivity contribution is -0.136. The number of hydrogen-bond acceptors (Lipinski definition) is 3. The van der Waals surface area contributed by atoms with E-state index < -0.39 is 17.9 Å². The average molecular weight is 346 g/mol. The van der Waals surface area contributed by atoms with E-state index in [9.17, 15) is 14.4 Å². The Morgan fingerprint density at radius 3 is 2.32 bits per heavy atom. The number of aliphatic carboxylic acids is 1. The summed E-state index contributed by atoms with van der Waals surface area (Å²) in [5.41, 5.74) is 1.32. The van der Waals surface area contributed by atoms with Crippen LogP contribution >= 0.6 is 0 Å². The number of likely N-dealkylation sites (N-methyl/N-ethyl adjacent to an activating group) is 1. The molecule has 0 fully saturated rings. The first-order chi connectivity index (χ1) is 11.8. The Kier molecular flexibility index (Phi) is 8.39. The predicted molar refractivity (Wildman–Crippen MR) is 95.9 cm³/mol. The van der Waals surface area contributed by atoms with Gasteiger partial charge in [-0.25, -0.2) is 0 Å². The summed E-state index contributed by atoms with van der Waals surface area (Å²) in [5, 5.41) is 14.1. The van der Waals surface area contributed by atoms with Gasteiger partial charge in [-0.3, -0.25) is 14.4 Å². The summed E-state index contributed by atoms with van der Waals surface area (Å²) < 4.78 is 0. The van der Waals surface area contributed by atoms with Crippen LogP contribution in [0.15, 0.2) is 42.0 Å². The summed E-state index contributed by atoms with van der Waals surface area (Å²) in [4.78, 5) is 35.5. The maximum Gasteiger partial charge on any atom is 0.307 e. The quantitative estimate of drug-likeness (QED) is 0.595. The molecule has 6 heteroatoms. The van der Waals surface area contributed by atoms with Crippen molar-refractivity contribution in [3.8, 4) is 0 Å². The Hall–Kier alpha value is -2.63. The molecule has 1 rings (SSSR count). The third-order valence-corrected chi connectivity index (χ3v) is 3.59. The largest absolute Gasteiger partial charge is 0.481 e. The van der Waals surface area contributed by atoms with E-state index in [-0.39, 0.29) is 18.2 Å². The molecular formula is C19H26N2O4. The van der Waals surface area contributed by atoms with Crippen LogP contribution in [0.5, 0.6) is 0 Å². The molecule has 0 bridgehead atoms.